The Balaban J connectivity index is 2.28. The minimum absolute atomic E-state index is 0.00183. The summed E-state index contributed by atoms with van der Waals surface area (Å²) in [5, 5.41) is 16.7. The lowest BCUT2D eigenvalue weighted by atomic mass is 9.80. The summed E-state index contributed by atoms with van der Waals surface area (Å²) >= 11 is 0. The number of carboxylic acids is 1. The van der Waals surface area contributed by atoms with Crippen LogP contribution in [0.2, 0.25) is 0 Å². The molecule has 0 bridgehead atoms. The number of aromatic nitrogens is 3. The van der Waals surface area contributed by atoms with Gasteiger partial charge in [0.15, 0.2) is 5.69 Å². The highest BCUT2D eigenvalue weighted by Crippen LogP contribution is 2.36. The number of carbonyl (C=O) groups is 1. The first-order valence-electron chi connectivity index (χ1n) is 5.81. The van der Waals surface area contributed by atoms with Crippen LogP contribution in [-0.4, -0.2) is 33.2 Å². The van der Waals surface area contributed by atoms with Gasteiger partial charge in [-0.1, -0.05) is 11.6 Å². The van der Waals surface area contributed by atoms with Crippen molar-refractivity contribution < 1.29 is 14.6 Å². The zero-order valence-electron chi connectivity index (χ0n) is 10.1. The van der Waals surface area contributed by atoms with E-state index in [-0.39, 0.29) is 18.3 Å². The minimum Gasteiger partial charge on any atom is -0.476 e. The van der Waals surface area contributed by atoms with Gasteiger partial charge in [-0.05, 0) is 25.7 Å². The third-order valence-electron chi connectivity index (χ3n) is 3.49. The first-order valence-corrected chi connectivity index (χ1v) is 5.81. The molecule has 1 fully saturated rings. The number of aromatic carboxylic acids is 1. The number of hydrogen-bond donors (Lipinski definition) is 1. The fourth-order valence-electron chi connectivity index (χ4n) is 2.20. The van der Waals surface area contributed by atoms with Crippen molar-refractivity contribution in [1.29, 1.82) is 0 Å². The normalized spacial score (nSPS) is 17.8. The topological polar surface area (TPSA) is 77.2 Å². The van der Waals surface area contributed by atoms with E-state index in [0.29, 0.717) is 11.6 Å². The van der Waals surface area contributed by atoms with Crippen molar-refractivity contribution in [3.05, 3.63) is 11.4 Å². The molecule has 0 amide bonds. The zero-order chi connectivity index (χ0) is 12.4. The van der Waals surface area contributed by atoms with Gasteiger partial charge in [-0.3, -0.25) is 0 Å². The molecule has 6 nitrogen and oxygen atoms in total. The molecule has 2 rings (SSSR count). The SMILES string of the molecule is COCc1c(C(=O)O)nnn1C(C)C1CCC1. The molecule has 1 aromatic rings. The van der Waals surface area contributed by atoms with Crippen molar-refractivity contribution in [2.45, 2.75) is 38.8 Å². The Labute approximate surface area is 99.6 Å². The molecule has 0 aromatic carbocycles. The Kier molecular flexibility index (Phi) is 3.42. The number of ether oxygens (including phenoxy) is 1. The lowest BCUT2D eigenvalue weighted by Crippen LogP contribution is -2.25. The van der Waals surface area contributed by atoms with Crippen LogP contribution in [0.4, 0.5) is 0 Å². The third kappa shape index (κ3) is 2.17. The standard InChI is InChI=1S/C11H17N3O3/c1-7(8-4-3-5-8)14-9(6-17-2)10(11(15)16)12-13-14/h7-8H,3-6H2,1-2H3,(H,15,16). The average molecular weight is 239 g/mol. The number of rotatable bonds is 5. The van der Waals surface area contributed by atoms with Crippen LogP contribution in [0.25, 0.3) is 0 Å². The quantitative estimate of drug-likeness (QED) is 0.842. The molecule has 1 atom stereocenters. The zero-order valence-corrected chi connectivity index (χ0v) is 10.1. The van der Waals surface area contributed by atoms with Crippen molar-refractivity contribution in [3.63, 3.8) is 0 Å². The Morgan fingerprint density at radius 1 is 1.65 bits per heavy atom. The van der Waals surface area contributed by atoms with Gasteiger partial charge in [0, 0.05) is 7.11 Å². The summed E-state index contributed by atoms with van der Waals surface area (Å²) in [6, 6.07) is 0.189. The largest absolute Gasteiger partial charge is 0.476 e. The van der Waals surface area contributed by atoms with Gasteiger partial charge in [0.2, 0.25) is 0 Å². The molecule has 0 aliphatic heterocycles. The van der Waals surface area contributed by atoms with Crippen LogP contribution in [0, 0.1) is 5.92 Å². The summed E-state index contributed by atoms with van der Waals surface area (Å²) in [5.74, 6) is -0.474. The fourth-order valence-corrected chi connectivity index (χ4v) is 2.20. The van der Waals surface area contributed by atoms with Crippen LogP contribution in [0.3, 0.4) is 0 Å². The van der Waals surface area contributed by atoms with Gasteiger partial charge in [-0.2, -0.15) is 0 Å². The van der Waals surface area contributed by atoms with Gasteiger partial charge in [0.05, 0.1) is 18.3 Å². The van der Waals surface area contributed by atoms with E-state index in [4.69, 9.17) is 9.84 Å². The first-order chi connectivity index (χ1) is 8.15. The van der Waals surface area contributed by atoms with E-state index in [2.05, 4.69) is 17.2 Å². The molecule has 1 saturated carbocycles. The van der Waals surface area contributed by atoms with Crippen LogP contribution in [-0.2, 0) is 11.3 Å². The smallest absolute Gasteiger partial charge is 0.358 e. The summed E-state index contributed by atoms with van der Waals surface area (Å²) in [5.41, 5.74) is 0.553. The molecular weight excluding hydrogens is 222 g/mol. The van der Waals surface area contributed by atoms with E-state index < -0.39 is 5.97 Å². The molecule has 17 heavy (non-hydrogen) atoms. The molecular formula is C11H17N3O3. The number of nitrogens with zero attached hydrogens (tertiary/aromatic N) is 3. The Morgan fingerprint density at radius 2 is 2.35 bits per heavy atom. The summed E-state index contributed by atoms with van der Waals surface area (Å²) in [4.78, 5) is 11.0. The van der Waals surface area contributed by atoms with Gasteiger partial charge in [0.1, 0.15) is 0 Å². The van der Waals surface area contributed by atoms with Crippen molar-refractivity contribution in [3.8, 4) is 0 Å². The lowest BCUT2D eigenvalue weighted by molar-refractivity contribution is 0.0684. The van der Waals surface area contributed by atoms with E-state index in [0.717, 1.165) is 0 Å². The maximum Gasteiger partial charge on any atom is 0.358 e. The van der Waals surface area contributed by atoms with E-state index in [1.807, 2.05) is 0 Å². The van der Waals surface area contributed by atoms with Crippen LogP contribution < -0.4 is 0 Å². The van der Waals surface area contributed by atoms with Gasteiger partial charge in [-0.15, -0.1) is 5.10 Å². The summed E-state index contributed by atoms with van der Waals surface area (Å²) in [7, 11) is 1.54. The monoisotopic (exact) mass is 239 g/mol. The van der Waals surface area contributed by atoms with E-state index in [9.17, 15) is 4.79 Å². The Hall–Kier alpha value is -1.43. The highest BCUT2D eigenvalue weighted by Gasteiger charge is 2.29. The van der Waals surface area contributed by atoms with Crippen LogP contribution in [0.1, 0.15) is 48.4 Å². The number of carboxylic acid groups (broad SMARTS) is 1. The van der Waals surface area contributed by atoms with Crippen LogP contribution in [0.15, 0.2) is 0 Å². The predicted molar refractivity (Wildman–Crippen MR) is 59.7 cm³/mol. The van der Waals surface area contributed by atoms with E-state index >= 15 is 0 Å². The Morgan fingerprint density at radius 3 is 2.82 bits per heavy atom. The maximum absolute atomic E-state index is 11.0. The summed E-state index contributed by atoms with van der Waals surface area (Å²) < 4.78 is 6.74. The van der Waals surface area contributed by atoms with E-state index in [1.54, 1.807) is 4.68 Å². The second kappa shape index (κ2) is 4.83. The van der Waals surface area contributed by atoms with Crippen molar-refractivity contribution >= 4 is 5.97 Å². The molecule has 1 N–H and O–H groups in total. The van der Waals surface area contributed by atoms with Gasteiger partial charge >= 0.3 is 5.97 Å². The second-order valence-corrected chi connectivity index (χ2v) is 4.50. The predicted octanol–water partition coefficient (Wildman–Crippen LogP) is 1.48. The van der Waals surface area contributed by atoms with Crippen molar-refractivity contribution in [2.75, 3.05) is 7.11 Å². The highest BCUT2D eigenvalue weighted by molar-refractivity contribution is 5.86. The maximum atomic E-state index is 11.0. The van der Waals surface area contributed by atoms with Gasteiger partial charge < -0.3 is 9.84 Å². The molecule has 0 spiro atoms. The molecule has 1 aliphatic carbocycles. The minimum atomic E-state index is -1.05. The Bertz CT molecular complexity index is 412. The molecule has 0 radical (unpaired) electrons. The average Bonchev–Trinajstić information content (AvgIpc) is 2.59. The van der Waals surface area contributed by atoms with Crippen LogP contribution >= 0.6 is 0 Å². The molecule has 1 unspecified atom stereocenters. The molecule has 0 saturated heterocycles. The summed E-state index contributed by atoms with van der Waals surface area (Å²) in [6.45, 7) is 2.29. The molecule has 1 heterocycles. The van der Waals surface area contributed by atoms with Crippen LogP contribution in [0.5, 0.6) is 0 Å². The molecule has 1 aromatic heterocycles. The lowest BCUT2D eigenvalue weighted by Gasteiger charge is -2.31. The van der Waals surface area contributed by atoms with E-state index in [1.165, 1.54) is 26.4 Å². The van der Waals surface area contributed by atoms with Gasteiger partial charge in [0.25, 0.3) is 0 Å². The van der Waals surface area contributed by atoms with Crippen molar-refractivity contribution in [1.82, 2.24) is 15.0 Å². The number of hydrogen-bond acceptors (Lipinski definition) is 4. The molecule has 94 valence electrons. The molecule has 6 heteroatoms. The first kappa shape index (κ1) is 12.0. The van der Waals surface area contributed by atoms with Crippen molar-refractivity contribution in [2.24, 2.45) is 5.92 Å². The summed E-state index contributed by atoms with van der Waals surface area (Å²) in [6.07, 6.45) is 3.60. The third-order valence-corrected chi connectivity index (χ3v) is 3.49. The second-order valence-electron chi connectivity index (χ2n) is 4.50. The fraction of sp³-hybridized carbons (Fsp3) is 0.727. The number of methoxy groups -OCH3 is 1. The highest BCUT2D eigenvalue weighted by atomic mass is 16.5. The van der Waals surface area contributed by atoms with Gasteiger partial charge in [-0.25, -0.2) is 9.48 Å². The molecule has 1 aliphatic rings.